The predicted molar refractivity (Wildman–Crippen MR) is 349 cm³/mol. The van der Waals surface area contributed by atoms with Gasteiger partial charge in [0.25, 0.3) is 0 Å². The summed E-state index contributed by atoms with van der Waals surface area (Å²) in [5.41, 5.74) is 0. The van der Waals surface area contributed by atoms with Crippen molar-refractivity contribution >= 4 is 23.9 Å². The Balaban J connectivity index is 2.63. The van der Waals surface area contributed by atoms with Crippen molar-refractivity contribution in [2.75, 3.05) is 13.2 Å². The first-order valence-corrected chi connectivity index (χ1v) is 35.3. The van der Waals surface area contributed by atoms with E-state index in [1.54, 1.807) is 0 Å². The van der Waals surface area contributed by atoms with Crippen LogP contribution in [0.4, 0.5) is 0 Å². The third kappa shape index (κ3) is 50.0. The first-order valence-electron chi connectivity index (χ1n) is 35.3. The van der Waals surface area contributed by atoms with Gasteiger partial charge in [-0.05, 0) is 109 Å². The lowest BCUT2D eigenvalue weighted by Crippen LogP contribution is -2.61. The first-order chi connectivity index (χ1) is 41.6. The van der Waals surface area contributed by atoms with Crippen molar-refractivity contribution in [2.45, 2.75) is 366 Å². The molecule has 1 fully saturated rings. The normalized spacial score (nSPS) is 17.8. The van der Waals surface area contributed by atoms with Gasteiger partial charge in [-0.15, -0.1) is 0 Å². The van der Waals surface area contributed by atoms with E-state index in [4.69, 9.17) is 23.7 Å². The van der Waals surface area contributed by atoms with Gasteiger partial charge in [0.05, 0.1) is 6.61 Å². The number of aliphatic hydroxyl groups excluding tert-OH is 2. The maximum Gasteiger partial charge on any atom is 0.335 e. The molecule has 0 aromatic rings. The Morgan fingerprint density at radius 1 is 0.388 bits per heavy atom. The van der Waals surface area contributed by atoms with Gasteiger partial charge in [0.2, 0.25) is 0 Å². The molecule has 3 N–H and O–H groups in total. The van der Waals surface area contributed by atoms with Crippen LogP contribution in [0.5, 0.6) is 0 Å². The molecule has 1 heterocycles. The molecule has 0 aromatic carbocycles. The number of aliphatic hydroxyl groups is 2. The van der Waals surface area contributed by atoms with Crippen LogP contribution in [0.2, 0.25) is 0 Å². The van der Waals surface area contributed by atoms with Crippen molar-refractivity contribution in [1.29, 1.82) is 0 Å². The lowest BCUT2D eigenvalue weighted by Gasteiger charge is -2.40. The number of allylic oxidation sites excluding steroid dienone is 10. The van der Waals surface area contributed by atoms with E-state index in [1.807, 2.05) is 0 Å². The van der Waals surface area contributed by atoms with E-state index in [2.05, 4.69) is 81.5 Å². The number of esters is 3. The molecule has 492 valence electrons. The molecule has 1 aliphatic heterocycles. The molecule has 1 aliphatic rings. The highest BCUT2D eigenvalue weighted by Crippen LogP contribution is 2.27. The Morgan fingerprint density at radius 3 is 1.09 bits per heavy atom. The summed E-state index contributed by atoms with van der Waals surface area (Å²) >= 11 is 0. The summed E-state index contributed by atoms with van der Waals surface area (Å²) < 4.78 is 28.6. The van der Waals surface area contributed by atoms with E-state index in [9.17, 15) is 34.5 Å². The van der Waals surface area contributed by atoms with E-state index in [-0.39, 0.29) is 25.9 Å². The molecule has 1 rings (SSSR count). The molecule has 12 nitrogen and oxygen atoms in total. The summed E-state index contributed by atoms with van der Waals surface area (Å²) in [6, 6.07) is 0. The Labute approximate surface area is 519 Å². The van der Waals surface area contributed by atoms with E-state index in [0.717, 1.165) is 109 Å². The Bertz CT molecular complexity index is 1710. The molecule has 0 bridgehead atoms. The number of aliphatic carboxylic acids is 1. The molecule has 1 saturated heterocycles. The number of rotatable bonds is 61. The average Bonchev–Trinajstić information content (AvgIpc) is 3.51. The zero-order valence-corrected chi connectivity index (χ0v) is 54.6. The minimum Gasteiger partial charge on any atom is -0.479 e. The van der Waals surface area contributed by atoms with Crippen molar-refractivity contribution in [3.63, 3.8) is 0 Å². The van der Waals surface area contributed by atoms with Gasteiger partial charge in [-0.2, -0.15) is 0 Å². The maximum absolute atomic E-state index is 13.2. The molecule has 0 aliphatic carbocycles. The van der Waals surface area contributed by atoms with Gasteiger partial charge in [-0.3, -0.25) is 14.4 Å². The zero-order valence-electron chi connectivity index (χ0n) is 54.6. The second-order valence-corrected chi connectivity index (χ2v) is 24.2. The number of carbonyl (C=O) groups is 4. The molecular weight excluding hydrogens is 1070 g/mol. The topological polar surface area (TPSA) is 175 Å². The highest BCUT2D eigenvalue weighted by Gasteiger charge is 2.50. The number of carbonyl (C=O) groups excluding carboxylic acids is 3. The average molecular weight is 1200 g/mol. The van der Waals surface area contributed by atoms with Gasteiger partial charge in [0.1, 0.15) is 18.8 Å². The van der Waals surface area contributed by atoms with Crippen molar-refractivity contribution in [2.24, 2.45) is 0 Å². The molecule has 12 heteroatoms. The van der Waals surface area contributed by atoms with Crippen LogP contribution in [0.15, 0.2) is 60.8 Å². The molecule has 85 heavy (non-hydrogen) atoms. The second kappa shape index (κ2) is 60.7. The Morgan fingerprint density at radius 2 is 0.706 bits per heavy atom. The summed E-state index contributed by atoms with van der Waals surface area (Å²) in [7, 11) is 0. The van der Waals surface area contributed by atoms with Crippen molar-refractivity contribution in [1.82, 2.24) is 0 Å². The molecule has 0 amide bonds. The van der Waals surface area contributed by atoms with Crippen LogP contribution in [0, 0.1) is 0 Å². The molecule has 0 radical (unpaired) electrons. The Kier molecular flexibility index (Phi) is 56.7. The summed E-state index contributed by atoms with van der Waals surface area (Å²) in [4.78, 5) is 51.5. The van der Waals surface area contributed by atoms with Crippen LogP contribution in [-0.4, -0.2) is 89.2 Å². The molecule has 0 spiro atoms. The van der Waals surface area contributed by atoms with E-state index in [0.29, 0.717) is 19.3 Å². The molecular formula is C73H128O12. The summed E-state index contributed by atoms with van der Waals surface area (Å²) in [6.07, 6.45) is 64.5. The highest BCUT2D eigenvalue weighted by atomic mass is 16.7. The third-order valence-corrected chi connectivity index (χ3v) is 16.0. The number of hydrogen-bond donors (Lipinski definition) is 3. The zero-order chi connectivity index (χ0) is 61.7. The molecule has 6 atom stereocenters. The summed E-state index contributed by atoms with van der Waals surface area (Å²) in [6.45, 7) is 5.99. The van der Waals surface area contributed by atoms with Gasteiger partial charge >= 0.3 is 23.9 Å². The van der Waals surface area contributed by atoms with Gasteiger partial charge in [-0.25, -0.2) is 4.79 Å². The van der Waals surface area contributed by atoms with Crippen LogP contribution in [0.1, 0.15) is 329 Å². The number of hydrogen-bond acceptors (Lipinski definition) is 11. The van der Waals surface area contributed by atoms with Gasteiger partial charge in [0, 0.05) is 19.3 Å². The molecule has 6 unspecified atom stereocenters. The van der Waals surface area contributed by atoms with Gasteiger partial charge in [-0.1, -0.05) is 261 Å². The standard InChI is InChI=1S/C73H128O12/c1-4-7-10-13-16-19-22-25-28-31-33-36-38-41-44-47-50-53-56-59-65(74)81-62-64(83-66(75)60-57-54-51-48-45-42-39-35-30-27-24-21-18-15-12-9-6-3)63-82-73-71(69(78)68(77)70(85-73)72(79)80)84-67(76)61-58-55-52-49-46-43-40-37-34-32-29-26-23-20-17-14-11-8-5-2/h16,18-19,21,25-30,64,68-71,73,77-78H,4-15,17,20,22-24,31-63H2,1-3H3,(H,79,80)/b19-16-,21-18-,28-25-,29-26-,30-27-. The fraction of sp³-hybridized carbons (Fsp3) is 0.808. The monoisotopic (exact) mass is 1200 g/mol. The van der Waals surface area contributed by atoms with Crippen LogP contribution in [0.3, 0.4) is 0 Å². The second-order valence-electron chi connectivity index (χ2n) is 24.2. The van der Waals surface area contributed by atoms with Crippen molar-refractivity contribution < 1.29 is 58.2 Å². The van der Waals surface area contributed by atoms with Crippen LogP contribution < -0.4 is 0 Å². The minimum atomic E-state index is -1.91. The van der Waals surface area contributed by atoms with E-state index in [1.165, 1.54) is 161 Å². The smallest absolute Gasteiger partial charge is 0.335 e. The van der Waals surface area contributed by atoms with Crippen LogP contribution >= 0.6 is 0 Å². The summed E-state index contributed by atoms with van der Waals surface area (Å²) in [5.74, 6) is -3.11. The van der Waals surface area contributed by atoms with Crippen molar-refractivity contribution in [3.05, 3.63) is 60.8 Å². The first kappa shape index (κ1) is 79.4. The van der Waals surface area contributed by atoms with Gasteiger partial charge in [0.15, 0.2) is 24.6 Å². The number of ether oxygens (including phenoxy) is 5. The third-order valence-electron chi connectivity index (χ3n) is 16.0. The quantitative estimate of drug-likeness (QED) is 0.0228. The van der Waals surface area contributed by atoms with E-state index >= 15 is 0 Å². The number of carboxylic acids is 1. The van der Waals surface area contributed by atoms with Crippen molar-refractivity contribution in [3.8, 4) is 0 Å². The fourth-order valence-electron chi connectivity index (χ4n) is 10.6. The molecule has 0 aromatic heterocycles. The predicted octanol–water partition coefficient (Wildman–Crippen LogP) is 19.5. The minimum absolute atomic E-state index is 0.0579. The SMILES string of the molecule is CCCCC/C=C\C/C=C\CCCCCCCCCCCC(=O)OCC(COC1OC(C(=O)O)C(O)C(O)C1OC(=O)CCCCCCCCCCC/C=C\CCCCCCCC)OC(=O)CCCCCCCCC/C=C\C/C=C\CCCCC. The number of carboxylic acid groups (broad SMARTS) is 1. The lowest BCUT2D eigenvalue weighted by atomic mass is 9.98. The maximum atomic E-state index is 13.2. The summed E-state index contributed by atoms with van der Waals surface area (Å²) in [5, 5.41) is 31.7. The van der Waals surface area contributed by atoms with Crippen LogP contribution in [-0.2, 0) is 42.9 Å². The van der Waals surface area contributed by atoms with Crippen LogP contribution in [0.25, 0.3) is 0 Å². The number of unbranched alkanes of at least 4 members (excludes halogenated alkanes) is 37. The Hall–Kier alpha value is -3.58. The highest BCUT2D eigenvalue weighted by molar-refractivity contribution is 5.74. The fourth-order valence-corrected chi connectivity index (χ4v) is 10.6. The van der Waals surface area contributed by atoms with E-state index < -0.39 is 67.3 Å². The lowest BCUT2D eigenvalue weighted by molar-refractivity contribution is -0.301. The molecule has 0 saturated carbocycles. The largest absolute Gasteiger partial charge is 0.479 e. The van der Waals surface area contributed by atoms with Gasteiger partial charge < -0.3 is 39.0 Å².